The summed E-state index contributed by atoms with van der Waals surface area (Å²) < 4.78 is 0. The van der Waals surface area contributed by atoms with Gasteiger partial charge in [0.25, 0.3) is 0 Å². The van der Waals surface area contributed by atoms with Crippen molar-refractivity contribution in [3.05, 3.63) is 23.1 Å². The second-order valence-corrected chi connectivity index (χ2v) is 2.01. The molecule has 0 atom stereocenters. The third-order valence-corrected chi connectivity index (χ3v) is 1.05. The van der Waals surface area contributed by atoms with Crippen molar-refractivity contribution < 1.29 is 0 Å². The minimum Gasteiger partial charge on any atom is -0.402 e. The Morgan fingerprint density at radius 3 is 2.57 bits per heavy atom. The minimum atomic E-state index is 0.824. The van der Waals surface area contributed by atoms with Gasteiger partial charge in [-0.25, -0.2) is 0 Å². The first kappa shape index (κ1) is 6.63. The second-order valence-electron chi connectivity index (χ2n) is 1.16. The Hall–Kier alpha value is -0.370. The van der Waals surface area contributed by atoms with Crippen LogP contribution in [-0.2, 0) is 0 Å². The summed E-state index contributed by atoms with van der Waals surface area (Å²) in [6, 6.07) is 0. The Morgan fingerprint density at radius 2 is 2.43 bits per heavy atom. The number of hydrogen-bond donors (Lipinski definition) is 1. The maximum atomic E-state index is 5.27. The molecule has 0 fully saturated rings. The van der Waals surface area contributed by atoms with E-state index >= 15 is 0 Å². The zero-order valence-corrected chi connectivity index (χ0v) is 5.16. The van der Waals surface area contributed by atoms with Crippen LogP contribution in [0.1, 0.15) is 6.92 Å². The van der Waals surface area contributed by atoms with Gasteiger partial charge in [-0.05, 0) is 17.7 Å². The number of thioether (sulfide) groups is 1. The Morgan fingerprint density at radius 1 is 1.86 bits per heavy atom. The Balaban J connectivity index is 3.25. The summed E-state index contributed by atoms with van der Waals surface area (Å²) in [5, 5.41) is 3.57. The van der Waals surface area contributed by atoms with Gasteiger partial charge in [-0.1, -0.05) is 6.58 Å². The lowest BCUT2D eigenvalue weighted by molar-refractivity contribution is 1.33. The molecule has 0 aromatic carbocycles. The van der Waals surface area contributed by atoms with Crippen molar-refractivity contribution in [2.24, 2.45) is 5.73 Å². The van der Waals surface area contributed by atoms with Gasteiger partial charge in [0.15, 0.2) is 0 Å². The van der Waals surface area contributed by atoms with Crippen molar-refractivity contribution >= 4 is 11.8 Å². The van der Waals surface area contributed by atoms with Crippen molar-refractivity contribution in [2.45, 2.75) is 6.92 Å². The van der Waals surface area contributed by atoms with Crippen LogP contribution in [0.2, 0.25) is 0 Å². The highest BCUT2D eigenvalue weighted by Gasteiger charge is 1.70. The molecule has 0 saturated heterocycles. The van der Waals surface area contributed by atoms with Gasteiger partial charge in [0.1, 0.15) is 0 Å². The van der Waals surface area contributed by atoms with E-state index in [0.29, 0.717) is 0 Å². The van der Waals surface area contributed by atoms with Gasteiger partial charge >= 0.3 is 0 Å². The van der Waals surface area contributed by atoms with Gasteiger partial charge < -0.3 is 5.73 Å². The number of rotatable bonds is 2. The molecule has 0 radical (unpaired) electrons. The molecule has 0 aliphatic heterocycles. The molecule has 0 bridgehead atoms. The maximum absolute atomic E-state index is 5.27. The van der Waals surface area contributed by atoms with E-state index in [9.17, 15) is 0 Å². The predicted octanol–water partition coefficient (Wildman–Crippen LogP) is 1.68. The fourth-order valence-electron chi connectivity index (χ4n) is 0.155. The van der Waals surface area contributed by atoms with Crippen LogP contribution in [-0.4, -0.2) is 0 Å². The molecule has 0 aromatic rings. The molecule has 0 amide bonds. The third kappa shape index (κ3) is 5.63. The van der Waals surface area contributed by atoms with Crippen LogP contribution >= 0.6 is 11.8 Å². The molecule has 0 spiro atoms. The zero-order valence-electron chi connectivity index (χ0n) is 4.35. The van der Waals surface area contributed by atoms with Gasteiger partial charge in [0.2, 0.25) is 0 Å². The van der Waals surface area contributed by atoms with Crippen molar-refractivity contribution in [2.75, 3.05) is 0 Å². The van der Waals surface area contributed by atoms with E-state index < -0.39 is 0 Å². The van der Waals surface area contributed by atoms with Gasteiger partial charge in [-0.15, -0.1) is 11.8 Å². The first-order valence-electron chi connectivity index (χ1n) is 1.96. The Bertz CT molecular complexity index is 82.1. The SMILES string of the molecule is C=CS/C=C(/C)N. The molecule has 2 heteroatoms. The van der Waals surface area contributed by atoms with Gasteiger partial charge in [-0.3, -0.25) is 0 Å². The summed E-state index contributed by atoms with van der Waals surface area (Å²) in [7, 11) is 0. The first-order chi connectivity index (χ1) is 3.27. The Kier molecular flexibility index (Phi) is 3.61. The molecule has 40 valence electrons. The van der Waals surface area contributed by atoms with Crippen LogP contribution in [0, 0.1) is 0 Å². The average molecular weight is 115 g/mol. The minimum absolute atomic E-state index is 0.824. The molecule has 1 nitrogen and oxygen atoms in total. The highest BCUT2D eigenvalue weighted by atomic mass is 32.2. The molecule has 0 saturated carbocycles. The molecule has 0 aromatic heterocycles. The summed E-state index contributed by atoms with van der Waals surface area (Å²) in [5.41, 5.74) is 6.09. The van der Waals surface area contributed by atoms with Crippen LogP contribution in [0.5, 0.6) is 0 Å². The summed E-state index contributed by atoms with van der Waals surface area (Å²) in [6.45, 7) is 5.34. The van der Waals surface area contributed by atoms with Gasteiger partial charge in [-0.2, -0.15) is 0 Å². The number of nitrogens with two attached hydrogens (primary N) is 1. The van der Waals surface area contributed by atoms with Crippen molar-refractivity contribution in [1.29, 1.82) is 0 Å². The Labute approximate surface area is 48.3 Å². The molecule has 0 rings (SSSR count). The topological polar surface area (TPSA) is 26.0 Å². The maximum Gasteiger partial charge on any atom is 0.0116 e. The van der Waals surface area contributed by atoms with E-state index in [1.807, 2.05) is 12.3 Å². The van der Waals surface area contributed by atoms with E-state index in [1.54, 1.807) is 5.41 Å². The number of allylic oxidation sites excluding steroid dienone is 1. The molecular weight excluding hydrogens is 106 g/mol. The lowest BCUT2D eigenvalue weighted by Gasteiger charge is -1.82. The summed E-state index contributed by atoms with van der Waals surface area (Å²) in [6.07, 6.45) is 0. The highest BCUT2D eigenvalue weighted by molar-refractivity contribution is 8.04. The third-order valence-electron chi connectivity index (χ3n) is 0.350. The summed E-state index contributed by atoms with van der Waals surface area (Å²) in [4.78, 5) is 0. The normalized spacial score (nSPS) is 11.3. The largest absolute Gasteiger partial charge is 0.402 e. The van der Waals surface area contributed by atoms with Crippen LogP contribution < -0.4 is 5.73 Å². The van der Waals surface area contributed by atoms with Crippen LogP contribution in [0.15, 0.2) is 23.1 Å². The molecular formula is C5H9NS. The summed E-state index contributed by atoms with van der Waals surface area (Å²) in [5.74, 6) is 0. The standard InChI is InChI=1S/C5H9NS/c1-3-7-4-5(2)6/h3-4H,1,6H2,2H3/b5-4-. The second kappa shape index (κ2) is 3.81. The van der Waals surface area contributed by atoms with Gasteiger partial charge in [0, 0.05) is 5.70 Å². The lowest BCUT2D eigenvalue weighted by Crippen LogP contribution is -1.86. The predicted molar refractivity (Wildman–Crippen MR) is 35.7 cm³/mol. The van der Waals surface area contributed by atoms with E-state index in [4.69, 9.17) is 5.73 Å². The van der Waals surface area contributed by atoms with Crippen LogP contribution in [0.25, 0.3) is 0 Å². The van der Waals surface area contributed by atoms with E-state index in [2.05, 4.69) is 6.58 Å². The fourth-order valence-corrected chi connectivity index (χ4v) is 0.466. The van der Waals surface area contributed by atoms with Crippen LogP contribution in [0.4, 0.5) is 0 Å². The van der Waals surface area contributed by atoms with E-state index in [0.717, 1.165) is 5.70 Å². The molecule has 7 heavy (non-hydrogen) atoms. The average Bonchev–Trinajstić information content (AvgIpc) is 1.61. The van der Waals surface area contributed by atoms with Crippen molar-refractivity contribution in [3.8, 4) is 0 Å². The van der Waals surface area contributed by atoms with Crippen molar-refractivity contribution in [1.82, 2.24) is 0 Å². The van der Waals surface area contributed by atoms with Crippen LogP contribution in [0.3, 0.4) is 0 Å². The van der Waals surface area contributed by atoms with Gasteiger partial charge in [0.05, 0.1) is 0 Å². The zero-order chi connectivity index (χ0) is 5.70. The smallest absolute Gasteiger partial charge is 0.0116 e. The monoisotopic (exact) mass is 115 g/mol. The quantitative estimate of drug-likeness (QED) is 0.592. The fraction of sp³-hybridized carbons (Fsp3) is 0.200. The molecule has 0 aliphatic rings. The van der Waals surface area contributed by atoms with E-state index in [1.165, 1.54) is 11.8 Å². The van der Waals surface area contributed by atoms with E-state index in [-0.39, 0.29) is 0 Å². The summed E-state index contributed by atoms with van der Waals surface area (Å²) >= 11 is 1.49. The first-order valence-corrected chi connectivity index (χ1v) is 2.90. The number of hydrogen-bond acceptors (Lipinski definition) is 2. The molecule has 0 heterocycles. The highest BCUT2D eigenvalue weighted by Crippen LogP contribution is 2.02. The van der Waals surface area contributed by atoms with Crippen molar-refractivity contribution in [3.63, 3.8) is 0 Å². The molecule has 0 unspecified atom stereocenters. The molecule has 2 N–H and O–H groups in total. The molecule has 0 aliphatic carbocycles. The lowest BCUT2D eigenvalue weighted by atomic mass is 10.6.